The Morgan fingerprint density at radius 1 is 0.506 bits per heavy atom. The van der Waals surface area contributed by atoms with Crippen molar-refractivity contribution in [3.63, 3.8) is 0 Å². The molecule has 0 radical (unpaired) electrons. The normalized spacial score (nSPS) is 14.4. The molecule has 0 N–H and O–H groups in total. The van der Waals surface area contributed by atoms with Crippen molar-refractivity contribution in [1.29, 1.82) is 0 Å². The third kappa shape index (κ3) is 7.98. The Morgan fingerprint density at radius 3 is 1.69 bits per heavy atom. The van der Waals surface area contributed by atoms with Crippen LogP contribution < -0.4 is 14.2 Å². The van der Waals surface area contributed by atoms with Gasteiger partial charge in [-0.2, -0.15) is 12.1 Å². The molecule has 0 aliphatic carbocycles. The molecule has 0 saturated carbocycles. The van der Waals surface area contributed by atoms with E-state index in [1.54, 1.807) is 27.3 Å². The van der Waals surface area contributed by atoms with E-state index in [4.69, 9.17) is 17.9 Å². The number of aromatic nitrogens is 5. The zero-order valence-electron chi connectivity index (χ0n) is 54.5. The molecule has 4 aromatic heterocycles. The first-order chi connectivity index (χ1) is 44.6. The number of rotatable bonds is 9. The van der Waals surface area contributed by atoms with Gasteiger partial charge in [0.15, 0.2) is 0 Å². The third-order valence-corrected chi connectivity index (χ3v) is 15.9. The smallest absolute Gasteiger partial charge is 0.268 e. The van der Waals surface area contributed by atoms with E-state index in [0.29, 0.717) is 45.2 Å². The molecule has 0 fully saturated rings. The molecule has 398 valence electrons. The largest absolute Gasteiger partial charge is 0.508 e. The molecule has 0 bridgehead atoms. The molecule has 1 aliphatic heterocycles. The van der Waals surface area contributed by atoms with Gasteiger partial charge in [0.2, 0.25) is 0 Å². The number of hydrogen-bond donors (Lipinski definition) is 0. The molecule has 11 aromatic carbocycles. The van der Waals surface area contributed by atoms with Gasteiger partial charge < -0.3 is 23.3 Å². The molecule has 7 nitrogen and oxygen atoms in total. The van der Waals surface area contributed by atoms with Crippen molar-refractivity contribution in [3.05, 3.63) is 296 Å². The predicted octanol–water partition coefficient (Wildman–Crippen LogP) is 18.1. The number of fused-ring (bicyclic) bond motifs is 9. The zero-order valence-corrected chi connectivity index (χ0v) is 46.8. The van der Waals surface area contributed by atoms with Gasteiger partial charge in [-0.3, -0.25) is 4.57 Å². The van der Waals surface area contributed by atoms with E-state index in [1.165, 1.54) is 11.1 Å². The summed E-state index contributed by atoms with van der Waals surface area (Å²) >= 11 is 0. The molecule has 83 heavy (non-hydrogen) atoms. The van der Waals surface area contributed by atoms with Crippen molar-refractivity contribution in [3.8, 4) is 56.6 Å². The topological polar surface area (TPSA) is 44.0 Å². The van der Waals surface area contributed by atoms with E-state index in [1.807, 2.05) is 85.1 Å². The minimum Gasteiger partial charge on any atom is -0.508 e. The maximum absolute atomic E-state index is 9.19. The summed E-state index contributed by atoms with van der Waals surface area (Å²) in [5.41, 5.74) is 11.2. The standard InChI is InChI=1S/C75H50N6O.Pt/c1-75(2)61-34-12-17-39-66(61)79(67-40-18-13-35-62(67)75)53-43-44-76-73(46-53)81-65-38-16-11-31-59(65)60-47-71(80-63-36-14-9-29-57(63)58-30-10-15-37-64(58)80)72(48-70(60)81)82-54-28-21-27-52(45-54)77-49-78(69-42-20-19-41-68(69)77)74-55(50-23-5-3-6-24-50)32-22-33-56(74)51-25-7-4-8-26-51;/h3-44,46-47H,1-2H3;/q-2;/i3D,4D,5D,6D,7D,8D,23D,24D,25D,26D;. The van der Waals surface area contributed by atoms with Gasteiger partial charge in [0.1, 0.15) is 5.82 Å². The van der Waals surface area contributed by atoms with Gasteiger partial charge >= 0.3 is 0 Å². The molecule has 0 unspecified atom stereocenters. The summed E-state index contributed by atoms with van der Waals surface area (Å²) in [5, 5.41) is 4.01. The van der Waals surface area contributed by atoms with Gasteiger partial charge in [-0.25, -0.2) is 4.98 Å². The van der Waals surface area contributed by atoms with Crippen LogP contribution in [0.3, 0.4) is 0 Å². The maximum Gasteiger partial charge on any atom is 0.268 e. The fourth-order valence-corrected chi connectivity index (χ4v) is 12.3. The van der Waals surface area contributed by atoms with E-state index >= 15 is 0 Å². The van der Waals surface area contributed by atoms with Gasteiger partial charge in [0.25, 0.3) is 6.33 Å². The summed E-state index contributed by atoms with van der Waals surface area (Å²) in [6, 6.07) is 68.0. The molecule has 0 spiro atoms. The minimum absolute atomic E-state index is 0. The predicted molar refractivity (Wildman–Crippen MR) is 332 cm³/mol. The van der Waals surface area contributed by atoms with Crippen LogP contribution in [-0.4, -0.2) is 18.7 Å². The summed E-state index contributed by atoms with van der Waals surface area (Å²) in [7, 11) is 0. The summed E-state index contributed by atoms with van der Waals surface area (Å²) in [6.45, 7) is 4.55. The van der Waals surface area contributed by atoms with Crippen LogP contribution in [0, 0.1) is 18.5 Å². The van der Waals surface area contributed by atoms with Crippen molar-refractivity contribution < 1.29 is 44.1 Å². The summed E-state index contributed by atoms with van der Waals surface area (Å²) in [6.07, 6.45) is 5.35. The van der Waals surface area contributed by atoms with Crippen molar-refractivity contribution in [2.75, 3.05) is 4.90 Å². The Bertz CT molecular complexity index is 5410. The number of ether oxygens (including phenoxy) is 1. The summed E-state index contributed by atoms with van der Waals surface area (Å²) < 4.78 is 104. The maximum atomic E-state index is 9.19. The van der Waals surface area contributed by atoms with Gasteiger partial charge in [-0.05, 0) is 86.5 Å². The molecular weight excluding hydrogens is 1200 g/mol. The second-order valence-corrected chi connectivity index (χ2v) is 20.8. The molecule has 0 atom stereocenters. The molecule has 0 amide bonds. The number of para-hydroxylation sites is 8. The summed E-state index contributed by atoms with van der Waals surface area (Å²) in [4.78, 5) is 7.46. The van der Waals surface area contributed by atoms with Crippen LogP contribution in [0.1, 0.15) is 38.7 Å². The fourth-order valence-electron chi connectivity index (χ4n) is 12.3. The fraction of sp³-hybridized carbons (Fsp3) is 0.0400. The van der Waals surface area contributed by atoms with Crippen molar-refractivity contribution in [2.45, 2.75) is 19.3 Å². The molecular formula is C75H50N6OPt-2. The minimum atomic E-state index is -0.583. The van der Waals surface area contributed by atoms with Gasteiger partial charge in [-0.15, -0.1) is 24.3 Å². The number of anilines is 3. The van der Waals surface area contributed by atoms with E-state index in [-0.39, 0.29) is 54.4 Å². The zero-order chi connectivity index (χ0) is 63.2. The SMILES string of the molecule is [2H]c1c([2H])c([2H])c(-c2cccc(-c3c([2H])c([2H])c([2H])c([2H])c3[2H])c2-[n+]2[c-]n(-c3[c-]c(Oc4[c-]c5c(cc4-n4c6ccccc6c6ccccc64)c4ccccc4n5-c4cc(N5c6ccccc6C(C)(C)c6ccccc65)ccn4)ccc3)c3ccccc32)c([2H])c1[2H].[Pt]. The average molecular weight is 1260 g/mol. The monoisotopic (exact) mass is 1260 g/mol. The molecule has 8 heteroatoms. The Labute approximate surface area is 509 Å². The van der Waals surface area contributed by atoms with Gasteiger partial charge in [-0.1, -0.05) is 219 Å². The molecule has 5 heterocycles. The molecule has 16 rings (SSSR count). The van der Waals surface area contributed by atoms with Crippen LogP contribution in [0.4, 0.5) is 17.1 Å². The third-order valence-electron chi connectivity index (χ3n) is 15.9. The van der Waals surface area contributed by atoms with E-state index in [9.17, 15) is 5.48 Å². The number of pyridine rings is 1. The van der Waals surface area contributed by atoms with Gasteiger partial charge in [0.05, 0.1) is 47.5 Å². The Balaban J connectivity index is 0.00000716. The van der Waals surface area contributed by atoms with Crippen LogP contribution in [0.2, 0.25) is 0 Å². The van der Waals surface area contributed by atoms with E-state index in [2.05, 4.69) is 149 Å². The summed E-state index contributed by atoms with van der Waals surface area (Å²) in [5.74, 6) is 1.36. The first-order valence-electron chi connectivity index (χ1n) is 32.0. The number of nitrogens with zero attached hydrogens (tertiary/aromatic N) is 6. The van der Waals surface area contributed by atoms with Crippen LogP contribution in [0.5, 0.6) is 11.5 Å². The van der Waals surface area contributed by atoms with E-state index in [0.717, 1.165) is 55.2 Å². The van der Waals surface area contributed by atoms with Crippen LogP contribution in [0.15, 0.2) is 267 Å². The number of hydrogen-bond acceptors (Lipinski definition) is 3. The van der Waals surface area contributed by atoms with Crippen LogP contribution in [0.25, 0.3) is 99.8 Å². The van der Waals surface area contributed by atoms with Crippen LogP contribution >= 0.6 is 0 Å². The first kappa shape index (κ1) is 40.2. The Morgan fingerprint density at radius 2 is 1.05 bits per heavy atom. The van der Waals surface area contributed by atoms with E-state index < -0.39 is 60.4 Å². The second kappa shape index (κ2) is 19.9. The molecule has 0 saturated heterocycles. The number of imidazole rings is 1. The molecule has 1 aliphatic rings. The van der Waals surface area contributed by atoms with Gasteiger partial charge in [0, 0.05) is 77.6 Å². The Kier molecular flexibility index (Phi) is 9.62. The Hall–Kier alpha value is -10.1. The molecule has 15 aromatic rings. The first-order valence-corrected chi connectivity index (χ1v) is 27.0. The van der Waals surface area contributed by atoms with Crippen molar-refractivity contribution >= 4 is 71.7 Å². The quantitative estimate of drug-likeness (QED) is 0.107. The van der Waals surface area contributed by atoms with Crippen molar-refractivity contribution in [2.24, 2.45) is 0 Å². The van der Waals surface area contributed by atoms with Crippen molar-refractivity contribution in [1.82, 2.24) is 18.7 Å². The number of benzene rings is 11. The van der Waals surface area contributed by atoms with Crippen LogP contribution in [-0.2, 0) is 26.5 Å². The average Bonchev–Trinajstić information content (AvgIpc) is 1.71. The second-order valence-electron chi connectivity index (χ2n) is 20.8.